The van der Waals surface area contributed by atoms with Gasteiger partial charge in [-0.2, -0.15) is 0 Å². The molecule has 1 atom stereocenters. The quantitative estimate of drug-likeness (QED) is 0.626. The molecule has 118 valence electrons. The molecule has 0 aliphatic carbocycles. The van der Waals surface area contributed by atoms with Crippen molar-refractivity contribution in [3.8, 4) is 0 Å². The molecule has 0 aliphatic heterocycles. The summed E-state index contributed by atoms with van der Waals surface area (Å²) in [6.45, 7) is 16.1. The number of carbonyl (C=O) groups is 2. The molecule has 6 heteroatoms. The Morgan fingerprint density at radius 2 is 1.70 bits per heavy atom. The average Bonchev–Trinajstić information content (AvgIpc) is 2.19. The predicted molar refractivity (Wildman–Crippen MR) is 82.4 cm³/mol. The molecule has 0 saturated heterocycles. The Morgan fingerprint density at radius 3 is 2.05 bits per heavy atom. The summed E-state index contributed by atoms with van der Waals surface area (Å²) in [6, 6.07) is -0.682. The zero-order valence-corrected chi connectivity index (χ0v) is 15.0. The standard InChI is InChI=1S/C14H29NO4Si/c1-13(2,3)19-12(17)15-11(9-16)10-18-20(7,8)14(4,5)6/h9,11H,10H2,1-8H3,(H,15,17)/t11-/m0/s1. The maximum Gasteiger partial charge on any atom is 0.408 e. The van der Waals surface area contributed by atoms with Crippen molar-refractivity contribution in [1.82, 2.24) is 5.32 Å². The van der Waals surface area contributed by atoms with E-state index in [2.05, 4.69) is 39.2 Å². The molecule has 20 heavy (non-hydrogen) atoms. The lowest BCUT2D eigenvalue weighted by Gasteiger charge is -2.36. The van der Waals surface area contributed by atoms with Crippen molar-refractivity contribution in [3.63, 3.8) is 0 Å². The summed E-state index contributed by atoms with van der Waals surface area (Å²) < 4.78 is 11.0. The summed E-state index contributed by atoms with van der Waals surface area (Å²) in [6.07, 6.45) is 0.0743. The second-order valence-electron chi connectivity index (χ2n) is 7.46. The number of aldehydes is 1. The Hall–Kier alpha value is -0.883. The van der Waals surface area contributed by atoms with E-state index in [0.717, 1.165) is 0 Å². The molecule has 0 aromatic carbocycles. The van der Waals surface area contributed by atoms with Crippen molar-refractivity contribution in [2.75, 3.05) is 6.61 Å². The Kier molecular flexibility index (Phi) is 6.42. The van der Waals surface area contributed by atoms with Crippen molar-refractivity contribution in [3.05, 3.63) is 0 Å². The zero-order chi connectivity index (χ0) is 16.2. The predicted octanol–water partition coefficient (Wildman–Crippen LogP) is 3.10. The summed E-state index contributed by atoms with van der Waals surface area (Å²) >= 11 is 0. The van der Waals surface area contributed by atoms with Gasteiger partial charge in [0.05, 0.1) is 6.61 Å². The van der Waals surface area contributed by atoms with E-state index in [1.54, 1.807) is 20.8 Å². The van der Waals surface area contributed by atoms with Crippen molar-refractivity contribution in [2.24, 2.45) is 0 Å². The van der Waals surface area contributed by atoms with Gasteiger partial charge in [0.2, 0.25) is 0 Å². The number of carbonyl (C=O) groups excluding carboxylic acids is 2. The van der Waals surface area contributed by atoms with Gasteiger partial charge >= 0.3 is 6.09 Å². The van der Waals surface area contributed by atoms with Crippen LogP contribution in [0.3, 0.4) is 0 Å². The van der Waals surface area contributed by atoms with Gasteiger partial charge in [0, 0.05) is 0 Å². The van der Waals surface area contributed by atoms with Gasteiger partial charge in [0.15, 0.2) is 8.32 Å². The summed E-state index contributed by atoms with van der Waals surface area (Å²) in [7, 11) is -1.93. The van der Waals surface area contributed by atoms with Gasteiger partial charge in [0.25, 0.3) is 0 Å². The van der Waals surface area contributed by atoms with Crippen molar-refractivity contribution < 1.29 is 18.8 Å². The van der Waals surface area contributed by atoms with Crippen LogP contribution in [0.15, 0.2) is 0 Å². The van der Waals surface area contributed by atoms with Crippen LogP contribution in [0.5, 0.6) is 0 Å². The first-order chi connectivity index (χ1) is 8.78. The van der Waals surface area contributed by atoms with Crippen LogP contribution in [0.2, 0.25) is 18.1 Å². The normalized spacial score (nSPS) is 14.6. The molecule has 0 saturated carbocycles. The van der Waals surface area contributed by atoms with E-state index in [9.17, 15) is 9.59 Å². The van der Waals surface area contributed by atoms with Crippen molar-refractivity contribution in [1.29, 1.82) is 0 Å². The summed E-state index contributed by atoms with van der Waals surface area (Å²) in [4.78, 5) is 22.7. The Labute approximate surface area is 123 Å². The highest BCUT2D eigenvalue weighted by atomic mass is 28.4. The van der Waals surface area contributed by atoms with E-state index < -0.39 is 26.1 Å². The fourth-order valence-corrected chi connectivity index (χ4v) is 2.12. The monoisotopic (exact) mass is 303 g/mol. The highest BCUT2D eigenvalue weighted by molar-refractivity contribution is 6.74. The van der Waals surface area contributed by atoms with Gasteiger partial charge < -0.3 is 19.3 Å². The van der Waals surface area contributed by atoms with Crippen LogP contribution >= 0.6 is 0 Å². The van der Waals surface area contributed by atoms with Crippen LogP contribution in [-0.4, -0.2) is 38.9 Å². The molecule has 0 aromatic heterocycles. The van der Waals surface area contributed by atoms with E-state index in [-0.39, 0.29) is 11.6 Å². The topological polar surface area (TPSA) is 64.6 Å². The molecular weight excluding hydrogens is 274 g/mol. The molecule has 0 spiro atoms. The van der Waals surface area contributed by atoms with Gasteiger partial charge in [-0.25, -0.2) is 4.79 Å². The highest BCUT2D eigenvalue weighted by Gasteiger charge is 2.37. The molecule has 0 rings (SSSR count). The third kappa shape index (κ3) is 7.05. The first kappa shape index (κ1) is 19.1. The fourth-order valence-electron chi connectivity index (χ4n) is 1.09. The van der Waals surface area contributed by atoms with Gasteiger partial charge in [-0.15, -0.1) is 0 Å². The molecule has 0 bridgehead atoms. The molecular formula is C14H29NO4Si. The van der Waals surface area contributed by atoms with Gasteiger partial charge in [-0.3, -0.25) is 0 Å². The first-order valence-electron chi connectivity index (χ1n) is 6.87. The molecule has 0 aliphatic rings. The van der Waals surface area contributed by atoms with Crippen LogP contribution in [0.25, 0.3) is 0 Å². The smallest absolute Gasteiger partial charge is 0.408 e. The van der Waals surface area contributed by atoms with E-state index in [1.807, 2.05) is 0 Å². The van der Waals surface area contributed by atoms with E-state index in [4.69, 9.17) is 9.16 Å². The number of hydrogen-bond donors (Lipinski definition) is 1. The molecule has 0 unspecified atom stereocenters. The second-order valence-corrected chi connectivity index (χ2v) is 12.3. The van der Waals surface area contributed by atoms with E-state index >= 15 is 0 Å². The van der Waals surface area contributed by atoms with Crippen molar-refractivity contribution in [2.45, 2.75) is 71.3 Å². The SMILES string of the molecule is CC(C)(C)OC(=O)N[C@@H](C=O)CO[Si](C)(C)C(C)(C)C. The summed E-state index contributed by atoms with van der Waals surface area (Å²) in [5, 5.41) is 2.58. The lowest BCUT2D eigenvalue weighted by molar-refractivity contribution is -0.110. The van der Waals surface area contributed by atoms with Crippen LogP contribution in [0, 0.1) is 0 Å². The number of hydrogen-bond acceptors (Lipinski definition) is 4. The van der Waals surface area contributed by atoms with Crippen molar-refractivity contribution >= 4 is 20.7 Å². The maximum absolute atomic E-state index is 11.6. The highest BCUT2D eigenvalue weighted by Crippen LogP contribution is 2.36. The largest absolute Gasteiger partial charge is 0.444 e. The van der Waals surface area contributed by atoms with E-state index in [0.29, 0.717) is 6.29 Å². The molecule has 0 heterocycles. The average molecular weight is 303 g/mol. The fraction of sp³-hybridized carbons (Fsp3) is 0.857. The number of alkyl carbamates (subject to hydrolysis) is 1. The van der Waals surface area contributed by atoms with Gasteiger partial charge in [-0.1, -0.05) is 20.8 Å². The summed E-state index contributed by atoms with van der Waals surface area (Å²) in [5.41, 5.74) is -0.586. The molecule has 1 amide bonds. The molecule has 5 nitrogen and oxygen atoms in total. The maximum atomic E-state index is 11.6. The van der Waals surface area contributed by atoms with Gasteiger partial charge in [-0.05, 0) is 38.9 Å². The summed E-state index contributed by atoms with van der Waals surface area (Å²) in [5.74, 6) is 0. The lowest BCUT2D eigenvalue weighted by atomic mass is 10.2. The molecule has 0 aromatic rings. The minimum absolute atomic E-state index is 0.0619. The molecule has 0 radical (unpaired) electrons. The van der Waals surface area contributed by atoms with Crippen LogP contribution < -0.4 is 5.32 Å². The number of rotatable bonds is 5. The third-order valence-corrected chi connectivity index (χ3v) is 7.80. The Bertz CT molecular complexity index is 342. The molecule has 1 N–H and O–H groups in total. The van der Waals surface area contributed by atoms with E-state index in [1.165, 1.54) is 0 Å². The Balaban J connectivity index is 4.45. The van der Waals surface area contributed by atoms with Crippen LogP contribution in [0.4, 0.5) is 4.79 Å². The third-order valence-electron chi connectivity index (χ3n) is 3.30. The zero-order valence-electron chi connectivity index (χ0n) is 14.0. The minimum atomic E-state index is -1.93. The van der Waals surface area contributed by atoms with Crippen LogP contribution in [0.1, 0.15) is 41.5 Å². The minimum Gasteiger partial charge on any atom is -0.444 e. The lowest BCUT2D eigenvalue weighted by Crippen LogP contribution is -2.47. The number of nitrogens with one attached hydrogen (secondary N) is 1. The van der Waals surface area contributed by atoms with Crippen LogP contribution in [-0.2, 0) is 14.0 Å². The Morgan fingerprint density at radius 1 is 1.20 bits per heavy atom. The number of amides is 1. The first-order valence-corrected chi connectivity index (χ1v) is 9.78. The van der Waals surface area contributed by atoms with Gasteiger partial charge in [0.1, 0.15) is 17.9 Å². The molecule has 0 fully saturated rings. The number of ether oxygens (including phenoxy) is 1. The second kappa shape index (κ2) is 6.71.